The van der Waals surface area contributed by atoms with Crippen molar-refractivity contribution in [2.45, 2.75) is 26.9 Å². The number of nitrogens with zero attached hydrogens (tertiary/aromatic N) is 1. The lowest BCUT2D eigenvalue weighted by Gasteiger charge is -2.22. The number of aryl methyl sites for hydroxylation is 1. The number of rotatable bonds is 2. The molecule has 1 N–H and O–H groups in total. The predicted molar refractivity (Wildman–Crippen MR) is 109 cm³/mol. The molecule has 3 heteroatoms. The van der Waals surface area contributed by atoms with Gasteiger partial charge in [-0.2, -0.15) is 0 Å². The van der Waals surface area contributed by atoms with Crippen LogP contribution in [0.15, 0.2) is 48.7 Å². The summed E-state index contributed by atoms with van der Waals surface area (Å²) in [6.45, 7) is 4.94. The number of aliphatic hydroxyl groups is 1. The molecular formula is C24H21NO2. The highest BCUT2D eigenvalue weighted by molar-refractivity contribution is 6.08. The summed E-state index contributed by atoms with van der Waals surface area (Å²) in [4.78, 5) is 4.73. The molecule has 134 valence electrons. The van der Waals surface area contributed by atoms with Gasteiger partial charge in [-0.25, -0.2) is 0 Å². The average molecular weight is 355 g/mol. The van der Waals surface area contributed by atoms with Crippen molar-refractivity contribution in [3.05, 3.63) is 70.9 Å². The monoisotopic (exact) mass is 355 g/mol. The number of ether oxygens (including phenoxy) is 1. The Labute approximate surface area is 158 Å². The molecule has 1 aliphatic heterocycles. The van der Waals surface area contributed by atoms with Gasteiger partial charge in [-0.1, -0.05) is 24.3 Å². The maximum absolute atomic E-state index is 10.2. The molecule has 1 aromatic heterocycles. The molecule has 0 saturated heterocycles. The number of fused-ring (bicyclic) bond motifs is 1. The van der Waals surface area contributed by atoms with Crippen molar-refractivity contribution < 1.29 is 9.84 Å². The summed E-state index contributed by atoms with van der Waals surface area (Å²) in [7, 11) is 0. The molecule has 0 fully saturated rings. The summed E-state index contributed by atoms with van der Waals surface area (Å²) in [6, 6.07) is 14.7. The molecule has 0 amide bonds. The Balaban J connectivity index is 1.96. The van der Waals surface area contributed by atoms with Crippen LogP contribution in [0.1, 0.15) is 22.3 Å². The van der Waals surface area contributed by atoms with Crippen LogP contribution in [0.25, 0.3) is 32.8 Å². The third-order valence-electron chi connectivity index (χ3n) is 5.91. The van der Waals surface area contributed by atoms with Crippen molar-refractivity contribution in [3.8, 4) is 16.9 Å². The lowest BCUT2D eigenvalue weighted by atomic mass is 9.86. The Morgan fingerprint density at radius 1 is 1.00 bits per heavy atom. The van der Waals surface area contributed by atoms with Crippen molar-refractivity contribution in [2.24, 2.45) is 0 Å². The van der Waals surface area contributed by atoms with Crippen molar-refractivity contribution in [1.29, 1.82) is 0 Å². The van der Waals surface area contributed by atoms with Gasteiger partial charge in [0.1, 0.15) is 5.75 Å². The second kappa shape index (κ2) is 6.07. The first-order valence-corrected chi connectivity index (χ1v) is 9.36. The number of aliphatic hydroxyl groups excluding tert-OH is 1. The molecular weight excluding hydrogens is 334 g/mol. The molecule has 5 rings (SSSR count). The van der Waals surface area contributed by atoms with Crippen molar-refractivity contribution >= 4 is 21.7 Å². The first-order chi connectivity index (χ1) is 13.2. The van der Waals surface area contributed by atoms with E-state index in [-0.39, 0.29) is 6.61 Å². The minimum absolute atomic E-state index is 0.00623. The van der Waals surface area contributed by atoms with Crippen LogP contribution in [-0.4, -0.2) is 16.7 Å². The topological polar surface area (TPSA) is 42.4 Å². The highest BCUT2D eigenvalue weighted by Crippen LogP contribution is 2.43. The molecule has 0 aliphatic carbocycles. The molecule has 3 nitrogen and oxygen atoms in total. The molecule has 0 bridgehead atoms. The van der Waals surface area contributed by atoms with Crippen LogP contribution in [0.2, 0.25) is 0 Å². The molecule has 4 aromatic rings. The summed E-state index contributed by atoms with van der Waals surface area (Å²) in [5.41, 5.74) is 7.71. The zero-order valence-corrected chi connectivity index (χ0v) is 15.5. The second-order valence-corrected chi connectivity index (χ2v) is 7.21. The van der Waals surface area contributed by atoms with E-state index in [1.807, 2.05) is 12.3 Å². The minimum Gasteiger partial charge on any atom is -0.493 e. The van der Waals surface area contributed by atoms with Crippen LogP contribution >= 0.6 is 0 Å². The molecule has 3 aromatic carbocycles. The summed E-state index contributed by atoms with van der Waals surface area (Å²) in [5.74, 6) is 0.904. The fourth-order valence-electron chi connectivity index (χ4n) is 4.42. The van der Waals surface area contributed by atoms with E-state index in [4.69, 9.17) is 9.72 Å². The van der Waals surface area contributed by atoms with Crippen LogP contribution in [0, 0.1) is 13.8 Å². The molecule has 0 saturated carbocycles. The third-order valence-corrected chi connectivity index (χ3v) is 5.91. The number of aromatic nitrogens is 1. The highest BCUT2D eigenvalue weighted by atomic mass is 16.5. The van der Waals surface area contributed by atoms with E-state index in [0.29, 0.717) is 6.61 Å². The summed E-state index contributed by atoms with van der Waals surface area (Å²) in [5, 5.41) is 13.7. The number of hydrogen-bond acceptors (Lipinski definition) is 3. The van der Waals surface area contributed by atoms with Crippen LogP contribution in [-0.2, 0) is 13.0 Å². The Kier molecular flexibility index (Phi) is 3.66. The van der Waals surface area contributed by atoms with Gasteiger partial charge in [-0.15, -0.1) is 0 Å². The molecule has 0 radical (unpaired) electrons. The van der Waals surface area contributed by atoms with Gasteiger partial charge >= 0.3 is 0 Å². The van der Waals surface area contributed by atoms with E-state index < -0.39 is 0 Å². The van der Waals surface area contributed by atoms with Crippen molar-refractivity contribution in [2.75, 3.05) is 6.61 Å². The number of pyridine rings is 1. The highest BCUT2D eigenvalue weighted by Gasteiger charge is 2.21. The second-order valence-electron chi connectivity index (χ2n) is 7.21. The quantitative estimate of drug-likeness (QED) is 0.544. The lowest BCUT2D eigenvalue weighted by molar-refractivity contribution is 0.281. The van der Waals surface area contributed by atoms with E-state index >= 15 is 0 Å². The van der Waals surface area contributed by atoms with Gasteiger partial charge in [0, 0.05) is 23.6 Å². The lowest BCUT2D eigenvalue weighted by Crippen LogP contribution is -2.09. The standard InChI is InChI=1S/C24H21NO2/c1-14-15(2)20(13-26)23(18-6-4-3-5-17(14)18)19-7-8-21-22-16(10-12-27-21)9-11-25-24(19)22/h3-9,11,26H,10,12-13H2,1-2H3. The fraction of sp³-hybridized carbons (Fsp3) is 0.208. The van der Waals surface area contributed by atoms with Gasteiger partial charge in [0.2, 0.25) is 0 Å². The van der Waals surface area contributed by atoms with Gasteiger partial charge in [-0.3, -0.25) is 4.98 Å². The Bertz CT molecular complexity index is 1200. The van der Waals surface area contributed by atoms with E-state index in [1.54, 1.807) is 0 Å². The van der Waals surface area contributed by atoms with Gasteiger partial charge in [0.15, 0.2) is 0 Å². The van der Waals surface area contributed by atoms with E-state index in [2.05, 4.69) is 50.2 Å². The Morgan fingerprint density at radius 2 is 1.81 bits per heavy atom. The van der Waals surface area contributed by atoms with E-state index in [1.165, 1.54) is 16.5 Å². The van der Waals surface area contributed by atoms with Gasteiger partial charge in [-0.05, 0) is 70.6 Å². The molecule has 2 heterocycles. The van der Waals surface area contributed by atoms with Crippen LogP contribution in [0.4, 0.5) is 0 Å². The van der Waals surface area contributed by atoms with Crippen LogP contribution in [0.5, 0.6) is 5.75 Å². The SMILES string of the molecule is Cc1c(CO)c(-c2ccc3c4c(ccnc24)CCO3)c2ccccc2c1C. The zero-order valence-electron chi connectivity index (χ0n) is 15.5. The molecule has 0 spiro atoms. The fourth-order valence-corrected chi connectivity index (χ4v) is 4.42. The number of benzene rings is 3. The first-order valence-electron chi connectivity index (χ1n) is 9.36. The van der Waals surface area contributed by atoms with Crippen molar-refractivity contribution in [3.63, 3.8) is 0 Å². The zero-order chi connectivity index (χ0) is 18.5. The summed E-state index contributed by atoms with van der Waals surface area (Å²) in [6.07, 6.45) is 2.79. The average Bonchev–Trinajstić information content (AvgIpc) is 2.72. The Morgan fingerprint density at radius 3 is 2.63 bits per heavy atom. The van der Waals surface area contributed by atoms with Gasteiger partial charge in [0.25, 0.3) is 0 Å². The van der Waals surface area contributed by atoms with Crippen molar-refractivity contribution in [1.82, 2.24) is 4.98 Å². The van der Waals surface area contributed by atoms with Gasteiger partial charge < -0.3 is 9.84 Å². The smallest absolute Gasteiger partial charge is 0.129 e. The normalized spacial score (nSPS) is 13.1. The molecule has 0 atom stereocenters. The minimum atomic E-state index is 0.00623. The van der Waals surface area contributed by atoms with E-state index in [0.717, 1.165) is 50.7 Å². The van der Waals surface area contributed by atoms with Crippen LogP contribution in [0.3, 0.4) is 0 Å². The Hall–Kier alpha value is -2.91. The molecule has 27 heavy (non-hydrogen) atoms. The summed E-state index contributed by atoms with van der Waals surface area (Å²) >= 11 is 0. The van der Waals surface area contributed by atoms with E-state index in [9.17, 15) is 5.11 Å². The maximum Gasteiger partial charge on any atom is 0.129 e. The third kappa shape index (κ3) is 2.28. The maximum atomic E-state index is 10.2. The van der Waals surface area contributed by atoms with Crippen LogP contribution < -0.4 is 4.74 Å². The predicted octanol–water partition coefficient (Wildman–Crippen LogP) is 5.10. The molecule has 0 unspecified atom stereocenters. The molecule has 1 aliphatic rings. The largest absolute Gasteiger partial charge is 0.493 e. The van der Waals surface area contributed by atoms with Gasteiger partial charge in [0.05, 0.1) is 18.7 Å². The first kappa shape index (κ1) is 16.3. The summed E-state index contributed by atoms with van der Waals surface area (Å²) < 4.78 is 5.88. The number of hydrogen-bond donors (Lipinski definition) is 1.